The van der Waals surface area contributed by atoms with Gasteiger partial charge in [0.1, 0.15) is 17.6 Å². The maximum atomic E-state index is 13.6. The van der Waals surface area contributed by atoms with Gasteiger partial charge in [0.2, 0.25) is 0 Å². The Morgan fingerprint density at radius 2 is 1.91 bits per heavy atom. The molecule has 116 valence electrons. The minimum absolute atomic E-state index is 0.0730. The van der Waals surface area contributed by atoms with E-state index in [-0.39, 0.29) is 11.3 Å². The molecule has 0 unspecified atom stereocenters. The third-order valence-electron chi connectivity index (χ3n) is 4.25. The van der Waals surface area contributed by atoms with Gasteiger partial charge in [-0.15, -0.1) is 0 Å². The predicted molar refractivity (Wildman–Crippen MR) is 83.7 cm³/mol. The second-order valence-corrected chi connectivity index (χ2v) is 5.71. The molecule has 0 aliphatic heterocycles. The molecule has 0 heterocycles. The van der Waals surface area contributed by atoms with Crippen LogP contribution in [0, 0.1) is 17.1 Å². The molecule has 0 atom stereocenters. The lowest BCUT2D eigenvalue weighted by molar-refractivity contribution is 0.0732. The van der Waals surface area contributed by atoms with Crippen molar-refractivity contribution < 1.29 is 13.9 Å². The molecule has 1 aliphatic carbocycles. The van der Waals surface area contributed by atoms with Crippen LogP contribution < -0.4 is 4.74 Å². The average molecular weight is 309 g/mol. The summed E-state index contributed by atoms with van der Waals surface area (Å²) in [6.45, 7) is 0. The lowest BCUT2D eigenvalue weighted by Crippen LogP contribution is -2.13. The van der Waals surface area contributed by atoms with Gasteiger partial charge in [0, 0.05) is 6.07 Å². The second-order valence-electron chi connectivity index (χ2n) is 5.71. The van der Waals surface area contributed by atoms with Gasteiger partial charge in [-0.2, -0.15) is 5.26 Å². The van der Waals surface area contributed by atoms with Crippen molar-refractivity contribution in [3.05, 3.63) is 65.0 Å². The molecule has 1 aliphatic rings. The fourth-order valence-corrected chi connectivity index (χ4v) is 3.09. The summed E-state index contributed by atoms with van der Waals surface area (Å²) in [6, 6.07) is 13.0. The van der Waals surface area contributed by atoms with E-state index in [2.05, 4.69) is 0 Å². The van der Waals surface area contributed by atoms with Crippen molar-refractivity contribution in [2.45, 2.75) is 31.6 Å². The van der Waals surface area contributed by atoms with E-state index in [0.717, 1.165) is 24.5 Å². The molecular formula is C19H16FNO2. The standard InChI is InChI=1S/C19H16FNO2/c20-18-11-15(10-9-14(18)12-21)23-19(22)17-8-4-3-7-16(17)13-5-1-2-6-13/h3-4,7-11,13H,1-2,5-6H2. The predicted octanol–water partition coefficient (Wildman–Crippen LogP) is 4.57. The van der Waals surface area contributed by atoms with Crippen LogP contribution in [0.3, 0.4) is 0 Å². The van der Waals surface area contributed by atoms with Gasteiger partial charge < -0.3 is 4.74 Å². The van der Waals surface area contributed by atoms with Crippen molar-refractivity contribution in [1.29, 1.82) is 5.26 Å². The Balaban J connectivity index is 1.84. The van der Waals surface area contributed by atoms with Crippen LogP contribution in [0.2, 0.25) is 0 Å². The Morgan fingerprint density at radius 1 is 1.17 bits per heavy atom. The zero-order valence-electron chi connectivity index (χ0n) is 12.6. The van der Waals surface area contributed by atoms with Gasteiger partial charge in [-0.1, -0.05) is 31.0 Å². The Morgan fingerprint density at radius 3 is 2.61 bits per heavy atom. The van der Waals surface area contributed by atoms with Crippen LogP contribution in [0.1, 0.15) is 53.1 Å². The summed E-state index contributed by atoms with van der Waals surface area (Å²) in [5.74, 6) is -0.692. The highest BCUT2D eigenvalue weighted by Gasteiger charge is 2.23. The summed E-state index contributed by atoms with van der Waals surface area (Å²) < 4.78 is 18.9. The fraction of sp³-hybridized carbons (Fsp3) is 0.263. The molecule has 3 nitrogen and oxygen atoms in total. The van der Waals surface area contributed by atoms with Crippen LogP contribution in [0.15, 0.2) is 42.5 Å². The average Bonchev–Trinajstić information content (AvgIpc) is 3.09. The van der Waals surface area contributed by atoms with E-state index in [0.29, 0.717) is 11.5 Å². The number of carbonyl (C=O) groups is 1. The van der Waals surface area contributed by atoms with Crippen molar-refractivity contribution in [2.75, 3.05) is 0 Å². The molecule has 3 rings (SSSR count). The smallest absolute Gasteiger partial charge is 0.343 e. The topological polar surface area (TPSA) is 50.1 Å². The number of benzene rings is 2. The highest BCUT2D eigenvalue weighted by atomic mass is 19.1. The number of hydrogen-bond acceptors (Lipinski definition) is 3. The molecule has 0 amide bonds. The molecule has 4 heteroatoms. The summed E-state index contributed by atoms with van der Waals surface area (Å²) in [5.41, 5.74) is 1.46. The maximum Gasteiger partial charge on any atom is 0.343 e. The largest absolute Gasteiger partial charge is 0.423 e. The van der Waals surface area contributed by atoms with Gasteiger partial charge in [-0.25, -0.2) is 9.18 Å². The Labute approximate surface area is 134 Å². The molecule has 0 N–H and O–H groups in total. The first-order chi connectivity index (χ1) is 11.2. The quantitative estimate of drug-likeness (QED) is 0.616. The molecule has 0 spiro atoms. The minimum atomic E-state index is -0.693. The van der Waals surface area contributed by atoms with Crippen LogP contribution in [-0.2, 0) is 0 Å². The maximum absolute atomic E-state index is 13.6. The Kier molecular flexibility index (Phi) is 4.38. The first-order valence-electron chi connectivity index (χ1n) is 7.70. The van der Waals surface area contributed by atoms with Gasteiger partial charge in [0.25, 0.3) is 0 Å². The first-order valence-corrected chi connectivity index (χ1v) is 7.70. The molecule has 0 saturated heterocycles. The molecule has 0 bridgehead atoms. The van der Waals surface area contributed by atoms with E-state index in [4.69, 9.17) is 10.00 Å². The summed E-state index contributed by atoms with van der Waals surface area (Å²) >= 11 is 0. The number of carbonyl (C=O) groups excluding carboxylic acids is 1. The SMILES string of the molecule is N#Cc1ccc(OC(=O)c2ccccc2C2CCCC2)cc1F. The fourth-order valence-electron chi connectivity index (χ4n) is 3.09. The van der Waals surface area contributed by atoms with Crippen molar-refractivity contribution in [2.24, 2.45) is 0 Å². The molecule has 0 aromatic heterocycles. The van der Waals surface area contributed by atoms with Crippen molar-refractivity contribution in [3.8, 4) is 11.8 Å². The number of hydrogen-bond donors (Lipinski definition) is 0. The highest BCUT2D eigenvalue weighted by Crippen LogP contribution is 2.36. The van der Waals surface area contributed by atoms with Gasteiger partial charge in [0.15, 0.2) is 0 Å². The van der Waals surface area contributed by atoms with Gasteiger partial charge in [0.05, 0.1) is 11.1 Å². The third kappa shape index (κ3) is 3.24. The number of halogens is 1. The second kappa shape index (κ2) is 6.62. The highest BCUT2D eigenvalue weighted by molar-refractivity contribution is 5.92. The van der Waals surface area contributed by atoms with Crippen LogP contribution in [0.25, 0.3) is 0 Å². The Bertz CT molecular complexity index is 773. The first kappa shape index (κ1) is 15.2. The van der Waals surface area contributed by atoms with Crippen LogP contribution in [0.5, 0.6) is 5.75 Å². The van der Waals surface area contributed by atoms with Crippen LogP contribution in [0.4, 0.5) is 4.39 Å². The number of nitrogens with zero attached hydrogens (tertiary/aromatic N) is 1. The van der Waals surface area contributed by atoms with E-state index in [1.54, 1.807) is 18.2 Å². The van der Waals surface area contributed by atoms with Crippen LogP contribution >= 0.6 is 0 Å². The molecule has 23 heavy (non-hydrogen) atoms. The van der Waals surface area contributed by atoms with E-state index in [1.165, 1.54) is 25.0 Å². The van der Waals surface area contributed by atoms with Crippen molar-refractivity contribution in [1.82, 2.24) is 0 Å². The Hall–Kier alpha value is -2.67. The molecule has 1 fully saturated rings. The molecule has 2 aromatic rings. The molecule has 2 aromatic carbocycles. The summed E-state index contributed by atoms with van der Waals surface area (Å²) in [5, 5.41) is 8.73. The minimum Gasteiger partial charge on any atom is -0.423 e. The number of rotatable bonds is 3. The van der Waals surface area contributed by atoms with Gasteiger partial charge in [-0.05, 0) is 42.5 Å². The zero-order chi connectivity index (χ0) is 16.2. The monoisotopic (exact) mass is 309 g/mol. The third-order valence-corrected chi connectivity index (χ3v) is 4.25. The number of esters is 1. The molecular weight excluding hydrogens is 293 g/mol. The van der Waals surface area contributed by atoms with E-state index in [1.807, 2.05) is 12.1 Å². The van der Waals surface area contributed by atoms with Crippen molar-refractivity contribution >= 4 is 5.97 Å². The number of nitriles is 1. The zero-order valence-corrected chi connectivity index (χ0v) is 12.6. The van der Waals surface area contributed by atoms with Gasteiger partial charge in [-0.3, -0.25) is 0 Å². The summed E-state index contributed by atoms with van der Waals surface area (Å²) in [6.07, 6.45) is 4.51. The van der Waals surface area contributed by atoms with E-state index in [9.17, 15) is 9.18 Å². The van der Waals surface area contributed by atoms with E-state index >= 15 is 0 Å². The molecule has 0 radical (unpaired) electrons. The lowest BCUT2D eigenvalue weighted by atomic mass is 9.93. The lowest BCUT2D eigenvalue weighted by Gasteiger charge is -2.14. The molecule has 1 saturated carbocycles. The van der Waals surface area contributed by atoms with Crippen molar-refractivity contribution in [3.63, 3.8) is 0 Å². The summed E-state index contributed by atoms with van der Waals surface area (Å²) in [4.78, 5) is 12.4. The van der Waals surface area contributed by atoms with E-state index < -0.39 is 11.8 Å². The summed E-state index contributed by atoms with van der Waals surface area (Å²) in [7, 11) is 0. The van der Waals surface area contributed by atoms with Gasteiger partial charge >= 0.3 is 5.97 Å². The van der Waals surface area contributed by atoms with Crippen LogP contribution in [-0.4, -0.2) is 5.97 Å². The number of ether oxygens (including phenoxy) is 1. The normalized spacial score (nSPS) is 14.4.